The summed E-state index contributed by atoms with van der Waals surface area (Å²) >= 11 is 1.35. The Balaban J connectivity index is 1.71. The van der Waals surface area contributed by atoms with Crippen molar-refractivity contribution in [1.29, 1.82) is 5.26 Å². The summed E-state index contributed by atoms with van der Waals surface area (Å²) in [5.74, 6) is -0.478. The summed E-state index contributed by atoms with van der Waals surface area (Å²) in [5, 5.41) is 12.4. The molecule has 10 heteroatoms. The van der Waals surface area contributed by atoms with Crippen molar-refractivity contribution in [2.75, 3.05) is 31.5 Å². The fourth-order valence-corrected chi connectivity index (χ4v) is 5.50. The van der Waals surface area contributed by atoms with Gasteiger partial charge in [-0.2, -0.15) is 9.57 Å². The van der Waals surface area contributed by atoms with Gasteiger partial charge in [-0.25, -0.2) is 8.42 Å². The largest absolute Gasteiger partial charge is 0.340 e. The number of nitrogens with zero attached hydrogens (tertiary/aromatic N) is 3. The number of benzene rings is 1. The number of nitrogens with one attached hydrogen (secondary N) is 1. The van der Waals surface area contributed by atoms with Gasteiger partial charge in [0.1, 0.15) is 11.1 Å². The van der Waals surface area contributed by atoms with Crippen molar-refractivity contribution in [1.82, 2.24) is 9.21 Å². The number of nitriles is 1. The van der Waals surface area contributed by atoms with Crippen LogP contribution in [0, 0.1) is 11.3 Å². The average molecular weight is 447 g/mol. The van der Waals surface area contributed by atoms with E-state index in [1.54, 1.807) is 11.0 Å². The number of piperazine rings is 1. The van der Waals surface area contributed by atoms with E-state index in [9.17, 15) is 23.3 Å². The van der Waals surface area contributed by atoms with Crippen molar-refractivity contribution in [3.05, 3.63) is 46.3 Å². The quantitative estimate of drug-likeness (QED) is 0.758. The normalized spacial score (nSPS) is 14.9. The summed E-state index contributed by atoms with van der Waals surface area (Å²) in [4.78, 5) is 26.7. The lowest BCUT2D eigenvalue weighted by Crippen LogP contribution is -2.49. The van der Waals surface area contributed by atoms with Crippen LogP contribution in [0.5, 0.6) is 0 Å². The van der Waals surface area contributed by atoms with Gasteiger partial charge in [-0.3, -0.25) is 9.59 Å². The first-order valence-electron chi connectivity index (χ1n) is 9.46. The first-order chi connectivity index (χ1) is 14.3. The number of sulfonamides is 1. The Hall–Kier alpha value is -2.74. The third-order valence-electron chi connectivity index (χ3n) is 4.92. The van der Waals surface area contributed by atoms with E-state index in [4.69, 9.17) is 0 Å². The molecule has 1 aliphatic heterocycles. The van der Waals surface area contributed by atoms with E-state index in [2.05, 4.69) is 11.4 Å². The van der Waals surface area contributed by atoms with Gasteiger partial charge in [0.2, 0.25) is 15.9 Å². The van der Waals surface area contributed by atoms with Crippen LogP contribution in [-0.4, -0.2) is 55.6 Å². The molecule has 0 unspecified atom stereocenters. The molecule has 1 aliphatic rings. The van der Waals surface area contributed by atoms with Crippen molar-refractivity contribution in [3.63, 3.8) is 0 Å². The van der Waals surface area contributed by atoms with E-state index in [-0.39, 0.29) is 23.9 Å². The van der Waals surface area contributed by atoms with Gasteiger partial charge in [-0.05, 0) is 36.8 Å². The zero-order valence-corrected chi connectivity index (χ0v) is 18.3. The van der Waals surface area contributed by atoms with Crippen molar-refractivity contribution in [2.24, 2.45) is 0 Å². The summed E-state index contributed by atoms with van der Waals surface area (Å²) in [6.07, 6.45) is 0.766. The Bertz CT molecular complexity index is 1090. The topological polar surface area (TPSA) is 111 Å². The Morgan fingerprint density at radius 3 is 2.33 bits per heavy atom. The predicted molar refractivity (Wildman–Crippen MR) is 114 cm³/mol. The molecule has 0 bridgehead atoms. The lowest BCUT2D eigenvalue weighted by atomic mass is 10.2. The highest BCUT2D eigenvalue weighted by molar-refractivity contribution is 7.89. The van der Waals surface area contributed by atoms with Crippen molar-refractivity contribution < 1.29 is 18.0 Å². The maximum Gasteiger partial charge on any atom is 0.256 e. The van der Waals surface area contributed by atoms with Crippen LogP contribution in [0.4, 0.5) is 5.00 Å². The second-order valence-electron chi connectivity index (χ2n) is 6.81. The molecule has 1 fully saturated rings. The summed E-state index contributed by atoms with van der Waals surface area (Å²) in [5.41, 5.74) is 0.708. The lowest BCUT2D eigenvalue weighted by Gasteiger charge is -2.33. The number of thiophene rings is 1. The van der Waals surface area contributed by atoms with E-state index >= 15 is 0 Å². The number of carbonyl (C=O) groups is 2. The Labute approximate surface area is 179 Å². The average Bonchev–Trinajstić information content (AvgIpc) is 3.15. The summed E-state index contributed by atoms with van der Waals surface area (Å²) in [6.45, 7) is 4.62. The predicted octanol–water partition coefficient (Wildman–Crippen LogP) is 2.29. The minimum atomic E-state index is -3.70. The van der Waals surface area contributed by atoms with Gasteiger partial charge in [0.25, 0.3) is 5.91 Å². The Kier molecular flexibility index (Phi) is 6.55. The van der Waals surface area contributed by atoms with Crippen LogP contribution < -0.4 is 5.32 Å². The van der Waals surface area contributed by atoms with Gasteiger partial charge in [-0.15, -0.1) is 11.3 Å². The van der Waals surface area contributed by atoms with Gasteiger partial charge in [-0.1, -0.05) is 6.92 Å². The number of aryl methyl sites for hydroxylation is 1. The van der Waals surface area contributed by atoms with Gasteiger partial charge < -0.3 is 10.2 Å². The molecule has 1 aromatic carbocycles. The number of rotatable bonds is 5. The molecule has 30 heavy (non-hydrogen) atoms. The van der Waals surface area contributed by atoms with Crippen LogP contribution in [0.25, 0.3) is 0 Å². The van der Waals surface area contributed by atoms with Crippen LogP contribution in [-0.2, 0) is 21.2 Å². The van der Waals surface area contributed by atoms with E-state index in [0.29, 0.717) is 29.2 Å². The molecule has 1 N–H and O–H groups in total. The van der Waals surface area contributed by atoms with Crippen LogP contribution >= 0.6 is 11.3 Å². The van der Waals surface area contributed by atoms with E-state index < -0.39 is 15.9 Å². The van der Waals surface area contributed by atoms with E-state index in [0.717, 1.165) is 11.3 Å². The van der Waals surface area contributed by atoms with Gasteiger partial charge >= 0.3 is 0 Å². The maximum atomic E-state index is 12.8. The highest BCUT2D eigenvalue weighted by atomic mass is 32.2. The minimum absolute atomic E-state index is 0.0706. The number of anilines is 1. The highest BCUT2D eigenvalue weighted by Gasteiger charge is 2.29. The summed E-state index contributed by atoms with van der Waals surface area (Å²) in [7, 11) is -3.70. The zero-order valence-electron chi connectivity index (χ0n) is 16.7. The molecule has 0 atom stereocenters. The molecular weight excluding hydrogens is 424 g/mol. The molecule has 1 saturated heterocycles. The molecular formula is C20H22N4O4S2. The molecule has 0 radical (unpaired) electrons. The molecule has 8 nitrogen and oxygen atoms in total. The number of carbonyl (C=O) groups excluding carboxylic acids is 2. The van der Waals surface area contributed by atoms with Gasteiger partial charge in [0.15, 0.2) is 0 Å². The van der Waals surface area contributed by atoms with Crippen LogP contribution in [0.3, 0.4) is 0 Å². The van der Waals surface area contributed by atoms with Crippen LogP contribution in [0.1, 0.15) is 34.6 Å². The summed E-state index contributed by atoms with van der Waals surface area (Å²) < 4.78 is 27.0. The van der Waals surface area contributed by atoms with Gasteiger partial charge in [0, 0.05) is 43.5 Å². The Morgan fingerprint density at radius 2 is 1.80 bits per heavy atom. The fourth-order valence-electron chi connectivity index (χ4n) is 3.14. The SMILES string of the molecule is CCc1cc(C#N)c(NC(=O)c2ccc(S(=O)(=O)N3CCN(C(C)=O)CC3)cc2)s1. The molecule has 3 rings (SSSR count). The summed E-state index contributed by atoms with van der Waals surface area (Å²) in [6, 6.07) is 9.53. The molecule has 2 aromatic rings. The molecule has 1 aromatic heterocycles. The molecule has 2 amide bonds. The van der Waals surface area contributed by atoms with Crippen LogP contribution in [0.2, 0.25) is 0 Å². The number of hydrogen-bond donors (Lipinski definition) is 1. The Morgan fingerprint density at radius 1 is 1.17 bits per heavy atom. The number of amides is 2. The van der Waals surface area contributed by atoms with Crippen molar-refractivity contribution in [3.8, 4) is 6.07 Å². The fraction of sp³-hybridized carbons (Fsp3) is 0.350. The second kappa shape index (κ2) is 8.95. The standard InChI is InChI=1S/C20H22N4O4S2/c1-3-17-12-16(13-21)20(29-17)22-19(26)15-4-6-18(7-5-15)30(27,28)24-10-8-23(9-11-24)14(2)25/h4-7,12H,3,8-11H2,1-2H3,(H,22,26). The number of hydrogen-bond acceptors (Lipinski definition) is 6. The molecule has 2 heterocycles. The highest BCUT2D eigenvalue weighted by Crippen LogP contribution is 2.28. The smallest absolute Gasteiger partial charge is 0.256 e. The maximum absolute atomic E-state index is 12.8. The second-order valence-corrected chi connectivity index (χ2v) is 9.88. The first kappa shape index (κ1) is 22.0. The lowest BCUT2D eigenvalue weighted by molar-refractivity contribution is -0.129. The zero-order chi connectivity index (χ0) is 21.9. The first-order valence-corrected chi connectivity index (χ1v) is 11.7. The third-order valence-corrected chi connectivity index (χ3v) is 8.03. The van der Waals surface area contributed by atoms with Crippen molar-refractivity contribution >= 4 is 38.2 Å². The van der Waals surface area contributed by atoms with Crippen molar-refractivity contribution in [2.45, 2.75) is 25.2 Å². The molecule has 0 saturated carbocycles. The minimum Gasteiger partial charge on any atom is -0.340 e. The molecule has 0 aliphatic carbocycles. The molecule has 158 valence electrons. The van der Waals surface area contributed by atoms with Gasteiger partial charge in [0.05, 0.1) is 10.5 Å². The molecule has 0 spiro atoms. The van der Waals surface area contributed by atoms with E-state index in [1.165, 1.54) is 46.8 Å². The van der Waals surface area contributed by atoms with Crippen LogP contribution in [0.15, 0.2) is 35.2 Å². The third kappa shape index (κ3) is 4.53. The monoisotopic (exact) mass is 446 g/mol. The van der Waals surface area contributed by atoms with E-state index in [1.807, 2.05) is 6.92 Å².